The number of fused-ring (bicyclic) bond motifs is 1. The third-order valence-electron chi connectivity index (χ3n) is 4.52. The molecular weight excluding hydrogens is 304 g/mol. The van der Waals surface area contributed by atoms with E-state index in [0.717, 1.165) is 23.1 Å². The molecule has 3 rings (SSSR count). The number of carbonyl (C=O) groups excluding carboxylic acids is 1. The normalized spacial score (nSPS) is 22.7. The lowest BCUT2D eigenvalue weighted by Gasteiger charge is -2.37. The summed E-state index contributed by atoms with van der Waals surface area (Å²) in [5.74, 6) is 0.594. The van der Waals surface area contributed by atoms with Crippen molar-refractivity contribution in [3.05, 3.63) is 28.1 Å². The fraction of sp³-hybridized carbons (Fsp3) is 0.438. The van der Waals surface area contributed by atoms with Crippen LogP contribution in [-0.2, 0) is 0 Å². The number of rotatable bonds is 1. The van der Waals surface area contributed by atoms with Gasteiger partial charge in [0.2, 0.25) is 0 Å². The lowest BCUT2D eigenvalue weighted by atomic mass is 9.92. The molecule has 2 heterocycles. The second kappa shape index (κ2) is 5.50. The van der Waals surface area contributed by atoms with Gasteiger partial charge in [-0.2, -0.15) is 0 Å². The molecule has 2 atom stereocenters. The Morgan fingerprint density at radius 2 is 2.19 bits per heavy atom. The van der Waals surface area contributed by atoms with Gasteiger partial charge in [0.05, 0.1) is 5.69 Å². The van der Waals surface area contributed by atoms with Crippen LogP contribution in [0.3, 0.4) is 0 Å². The Morgan fingerprint density at radius 3 is 2.95 bits per heavy atom. The molecule has 2 N–H and O–H groups in total. The van der Waals surface area contributed by atoms with Crippen LogP contribution in [0.2, 0.25) is 5.02 Å². The highest BCUT2D eigenvalue weighted by Gasteiger charge is 2.31. The number of piperidine rings is 1. The molecule has 1 amide bonds. The average Bonchev–Trinajstić information content (AvgIpc) is 2.78. The van der Waals surface area contributed by atoms with Gasteiger partial charge < -0.3 is 10.6 Å². The minimum atomic E-state index is 0.0591. The summed E-state index contributed by atoms with van der Waals surface area (Å²) >= 11 is 7.49. The van der Waals surface area contributed by atoms with Crippen molar-refractivity contribution >= 4 is 44.6 Å². The maximum absolute atomic E-state index is 12.9. The lowest BCUT2D eigenvalue weighted by Crippen LogP contribution is -2.45. The van der Waals surface area contributed by atoms with Crippen LogP contribution >= 0.6 is 22.9 Å². The summed E-state index contributed by atoms with van der Waals surface area (Å²) in [6.07, 6.45) is 2.25. The second-order valence-corrected chi connectivity index (χ2v) is 7.33. The first-order valence-corrected chi connectivity index (χ1v) is 8.47. The van der Waals surface area contributed by atoms with E-state index in [1.54, 1.807) is 0 Å². The van der Waals surface area contributed by atoms with Crippen LogP contribution in [0.25, 0.3) is 10.1 Å². The van der Waals surface area contributed by atoms with Gasteiger partial charge in [0.1, 0.15) is 4.88 Å². The van der Waals surface area contributed by atoms with E-state index in [-0.39, 0.29) is 11.9 Å². The van der Waals surface area contributed by atoms with E-state index < -0.39 is 0 Å². The topological polar surface area (TPSA) is 46.3 Å². The molecule has 1 aliphatic heterocycles. The van der Waals surface area contributed by atoms with E-state index in [1.807, 2.05) is 23.1 Å². The summed E-state index contributed by atoms with van der Waals surface area (Å²) in [5, 5.41) is 1.53. The van der Waals surface area contributed by atoms with Crippen LogP contribution in [0.1, 0.15) is 36.4 Å². The SMILES string of the molecule is CC1CCCN(C(=O)c2sc3ccc(Cl)cc3c2N)C1C. The van der Waals surface area contributed by atoms with Crippen molar-refractivity contribution in [1.29, 1.82) is 0 Å². The summed E-state index contributed by atoms with van der Waals surface area (Å²) in [5.41, 5.74) is 6.76. The molecule has 1 saturated heterocycles. The Hall–Kier alpha value is -1.26. The molecule has 2 unspecified atom stereocenters. The largest absolute Gasteiger partial charge is 0.397 e. The van der Waals surface area contributed by atoms with Gasteiger partial charge in [-0.05, 0) is 43.9 Å². The van der Waals surface area contributed by atoms with E-state index in [0.29, 0.717) is 21.5 Å². The maximum Gasteiger partial charge on any atom is 0.266 e. The Morgan fingerprint density at radius 1 is 1.43 bits per heavy atom. The Kier molecular flexibility index (Phi) is 3.84. The van der Waals surface area contributed by atoms with Gasteiger partial charge in [-0.15, -0.1) is 11.3 Å². The zero-order valence-corrected chi connectivity index (χ0v) is 13.8. The number of carbonyl (C=O) groups is 1. The highest BCUT2D eigenvalue weighted by Crippen LogP contribution is 2.37. The zero-order chi connectivity index (χ0) is 15.1. The van der Waals surface area contributed by atoms with Crippen LogP contribution in [-0.4, -0.2) is 23.4 Å². The molecule has 0 spiro atoms. The van der Waals surface area contributed by atoms with Crippen LogP contribution in [0, 0.1) is 5.92 Å². The first-order valence-electron chi connectivity index (χ1n) is 7.27. The average molecular weight is 323 g/mol. The lowest BCUT2D eigenvalue weighted by molar-refractivity contribution is 0.0557. The number of amides is 1. The predicted molar refractivity (Wildman–Crippen MR) is 90.1 cm³/mol. The third-order valence-corrected chi connectivity index (χ3v) is 5.93. The Labute approximate surface area is 133 Å². The minimum absolute atomic E-state index is 0.0591. The number of nitrogens with zero attached hydrogens (tertiary/aromatic N) is 1. The standard InChI is InChI=1S/C16H19ClN2OS/c1-9-4-3-7-19(10(9)2)16(20)15-14(18)12-8-11(17)5-6-13(12)21-15/h5-6,8-10H,3-4,7,18H2,1-2H3. The number of thiophene rings is 1. The second-order valence-electron chi connectivity index (χ2n) is 5.84. The molecule has 5 heteroatoms. The smallest absolute Gasteiger partial charge is 0.266 e. The maximum atomic E-state index is 12.9. The quantitative estimate of drug-likeness (QED) is 0.846. The third kappa shape index (κ3) is 2.51. The molecule has 1 fully saturated rings. The summed E-state index contributed by atoms with van der Waals surface area (Å²) in [7, 11) is 0. The van der Waals surface area contributed by atoms with Gasteiger partial charge in [-0.3, -0.25) is 4.79 Å². The van der Waals surface area contributed by atoms with E-state index in [9.17, 15) is 4.79 Å². The first kappa shape index (κ1) is 14.7. The van der Waals surface area contributed by atoms with Crippen molar-refractivity contribution in [3.63, 3.8) is 0 Å². The number of nitrogen functional groups attached to an aromatic ring is 1. The molecule has 3 nitrogen and oxygen atoms in total. The molecular formula is C16H19ClN2OS. The number of anilines is 1. The summed E-state index contributed by atoms with van der Waals surface area (Å²) in [6, 6.07) is 5.86. The fourth-order valence-corrected chi connectivity index (χ4v) is 4.23. The van der Waals surface area contributed by atoms with Crippen molar-refractivity contribution in [1.82, 2.24) is 4.90 Å². The molecule has 0 bridgehead atoms. The molecule has 21 heavy (non-hydrogen) atoms. The summed E-state index contributed by atoms with van der Waals surface area (Å²) < 4.78 is 1.01. The fourth-order valence-electron chi connectivity index (χ4n) is 3.00. The van der Waals surface area contributed by atoms with Crippen LogP contribution in [0.15, 0.2) is 18.2 Å². The van der Waals surface area contributed by atoms with Gasteiger partial charge in [0, 0.05) is 27.7 Å². The highest BCUT2D eigenvalue weighted by atomic mass is 35.5. The Balaban J connectivity index is 2.00. The Bertz CT molecular complexity index is 697. The highest BCUT2D eigenvalue weighted by molar-refractivity contribution is 7.21. The molecule has 0 aliphatic carbocycles. The first-order chi connectivity index (χ1) is 9.99. The number of hydrogen-bond acceptors (Lipinski definition) is 3. The molecule has 0 radical (unpaired) electrons. The van der Waals surface area contributed by atoms with E-state index in [4.69, 9.17) is 17.3 Å². The van der Waals surface area contributed by atoms with E-state index >= 15 is 0 Å². The molecule has 0 saturated carbocycles. The number of halogens is 1. The van der Waals surface area contributed by atoms with Crippen molar-refractivity contribution in [2.45, 2.75) is 32.7 Å². The number of nitrogens with two attached hydrogens (primary N) is 1. The number of benzene rings is 1. The molecule has 1 aliphatic rings. The van der Waals surface area contributed by atoms with Crippen molar-refractivity contribution in [3.8, 4) is 0 Å². The molecule has 2 aromatic rings. The predicted octanol–water partition coefficient (Wildman–Crippen LogP) is 4.40. The van der Waals surface area contributed by atoms with E-state index in [1.165, 1.54) is 17.8 Å². The summed E-state index contributed by atoms with van der Waals surface area (Å²) in [4.78, 5) is 15.5. The molecule has 1 aromatic carbocycles. The monoisotopic (exact) mass is 322 g/mol. The minimum Gasteiger partial charge on any atom is -0.397 e. The van der Waals surface area contributed by atoms with Crippen molar-refractivity contribution < 1.29 is 4.79 Å². The molecule has 112 valence electrons. The summed E-state index contributed by atoms with van der Waals surface area (Å²) in [6.45, 7) is 5.15. The van der Waals surface area contributed by atoms with Crippen molar-refractivity contribution in [2.75, 3.05) is 12.3 Å². The van der Waals surface area contributed by atoms with E-state index in [2.05, 4.69) is 13.8 Å². The van der Waals surface area contributed by atoms with Crippen LogP contribution in [0.4, 0.5) is 5.69 Å². The molecule has 1 aromatic heterocycles. The van der Waals surface area contributed by atoms with Gasteiger partial charge in [0.25, 0.3) is 5.91 Å². The van der Waals surface area contributed by atoms with Crippen LogP contribution in [0.5, 0.6) is 0 Å². The van der Waals surface area contributed by atoms with Gasteiger partial charge in [-0.1, -0.05) is 18.5 Å². The zero-order valence-electron chi connectivity index (χ0n) is 12.2. The van der Waals surface area contributed by atoms with Gasteiger partial charge in [0.15, 0.2) is 0 Å². The van der Waals surface area contributed by atoms with Crippen molar-refractivity contribution in [2.24, 2.45) is 5.92 Å². The van der Waals surface area contributed by atoms with Crippen LogP contribution < -0.4 is 5.73 Å². The van der Waals surface area contributed by atoms with Gasteiger partial charge in [-0.25, -0.2) is 0 Å². The number of hydrogen-bond donors (Lipinski definition) is 1. The number of likely N-dealkylation sites (tertiary alicyclic amines) is 1. The van der Waals surface area contributed by atoms with Gasteiger partial charge >= 0.3 is 0 Å².